The maximum Gasteiger partial charge on any atom is 0.224 e. The minimum absolute atomic E-state index is 0.00149. The SMILES string of the molecule is COc1ccc(OC)c(CC(=O)NC[C@@H]2C[C@H]2c2cccnc2)c1. The molecule has 0 unspecified atom stereocenters. The molecule has 1 N–H and O–H groups in total. The molecule has 0 radical (unpaired) electrons. The van der Waals surface area contributed by atoms with Gasteiger partial charge in [0.2, 0.25) is 5.91 Å². The Morgan fingerprint density at radius 2 is 2.17 bits per heavy atom. The van der Waals surface area contributed by atoms with Crippen LogP contribution in [0.4, 0.5) is 0 Å². The Kier molecular flexibility index (Phi) is 4.99. The van der Waals surface area contributed by atoms with Gasteiger partial charge in [0.05, 0.1) is 20.6 Å². The van der Waals surface area contributed by atoms with E-state index in [9.17, 15) is 4.79 Å². The van der Waals surface area contributed by atoms with Crippen LogP contribution in [0.5, 0.6) is 11.5 Å². The summed E-state index contributed by atoms with van der Waals surface area (Å²) in [5, 5.41) is 3.03. The van der Waals surface area contributed by atoms with Gasteiger partial charge in [0, 0.05) is 24.5 Å². The lowest BCUT2D eigenvalue weighted by molar-refractivity contribution is -0.120. The van der Waals surface area contributed by atoms with E-state index in [2.05, 4.69) is 16.4 Å². The lowest BCUT2D eigenvalue weighted by Gasteiger charge is -2.11. The lowest BCUT2D eigenvalue weighted by Crippen LogP contribution is -2.27. The van der Waals surface area contributed by atoms with E-state index in [-0.39, 0.29) is 12.3 Å². The highest BCUT2D eigenvalue weighted by Crippen LogP contribution is 2.46. The minimum atomic E-state index is -0.00149. The predicted octanol–water partition coefficient (Wildman–Crippen LogP) is 2.56. The van der Waals surface area contributed by atoms with Crippen molar-refractivity contribution >= 4 is 5.91 Å². The van der Waals surface area contributed by atoms with Crippen molar-refractivity contribution in [3.63, 3.8) is 0 Å². The van der Waals surface area contributed by atoms with Crippen LogP contribution in [-0.4, -0.2) is 31.7 Å². The van der Waals surface area contributed by atoms with E-state index < -0.39 is 0 Å². The van der Waals surface area contributed by atoms with Crippen LogP contribution in [0.15, 0.2) is 42.7 Å². The molecule has 5 nitrogen and oxygen atoms in total. The minimum Gasteiger partial charge on any atom is -0.497 e. The van der Waals surface area contributed by atoms with Gasteiger partial charge in [-0.15, -0.1) is 0 Å². The summed E-state index contributed by atoms with van der Waals surface area (Å²) in [5.74, 6) is 2.44. The van der Waals surface area contributed by atoms with Gasteiger partial charge in [0.15, 0.2) is 0 Å². The fourth-order valence-corrected chi connectivity index (χ4v) is 2.98. The van der Waals surface area contributed by atoms with Crippen LogP contribution in [-0.2, 0) is 11.2 Å². The number of ether oxygens (including phenoxy) is 2. The third-order valence-corrected chi connectivity index (χ3v) is 4.44. The molecule has 1 aromatic heterocycles. The quantitative estimate of drug-likeness (QED) is 0.849. The molecule has 0 saturated heterocycles. The van der Waals surface area contributed by atoms with Crippen molar-refractivity contribution in [2.45, 2.75) is 18.8 Å². The van der Waals surface area contributed by atoms with Gasteiger partial charge in [-0.2, -0.15) is 0 Å². The fraction of sp³-hybridized carbons (Fsp3) is 0.368. The molecule has 1 fully saturated rings. The van der Waals surface area contributed by atoms with E-state index in [1.54, 1.807) is 20.4 Å². The second kappa shape index (κ2) is 7.34. The van der Waals surface area contributed by atoms with E-state index in [1.165, 1.54) is 5.56 Å². The normalized spacial score (nSPS) is 18.8. The molecule has 3 rings (SSSR count). The maximum absolute atomic E-state index is 12.2. The highest BCUT2D eigenvalue weighted by molar-refractivity contribution is 5.79. The number of carbonyl (C=O) groups excluding carboxylic acids is 1. The van der Waals surface area contributed by atoms with Crippen molar-refractivity contribution in [1.29, 1.82) is 0 Å². The second-order valence-corrected chi connectivity index (χ2v) is 6.05. The first-order chi connectivity index (χ1) is 11.7. The van der Waals surface area contributed by atoms with Gasteiger partial charge >= 0.3 is 0 Å². The molecular weight excluding hydrogens is 304 g/mol. The number of nitrogens with zero attached hydrogens (tertiary/aromatic N) is 1. The number of hydrogen-bond donors (Lipinski definition) is 1. The Bertz CT molecular complexity index is 703. The van der Waals surface area contributed by atoms with Crippen LogP contribution in [0.2, 0.25) is 0 Å². The second-order valence-electron chi connectivity index (χ2n) is 6.05. The Morgan fingerprint density at radius 1 is 1.29 bits per heavy atom. The third-order valence-electron chi connectivity index (χ3n) is 4.44. The van der Waals surface area contributed by atoms with Gasteiger partial charge in [-0.3, -0.25) is 9.78 Å². The Hall–Kier alpha value is -2.56. The number of carbonyl (C=O) groups is 1. The van der Waals surface area contributed by atoms with E-state index >= 15 is 0 Å². The van der Waals surface area contributed by atoms with Gasteiger partial charge in [-0.25, -0.2) is 0 Å². The molecule has 1 saturated carbocycles. The smallest absolute Gasteiger partial charge is 0.224 e. The van der Waals surface area contributed by atoms with E-state index in [4.69, 9.17) is 9.47 Å². The standard InChI is InChI=1S/C19H22N2O3/c1-23-16-5-6-18(24-2)14(8-16)10-19(22)21-12-15-9-17(15)13-4-3-7-20-11-13/h3-8,11,15,17H,9-10,12H2,1-2H3,(H,21,22)/t15-,17-/m0/s1. The van der Waals surface area contributed by atoms with Gasteiger partial charge < -0.3 is 14.8 Å². The zero-order chi connectivity index (χ0) is 16.9. The summed E-state index contributed by atoms with van der Waals surface area (Å²) >= 11 is 0. The monoisotopic (exact) mass is 326 g/mol. The molecule has 1 aliphatic rings. The summed E-state index contributed by atoms with van der Waals surface area (Å²) in [6, 6.07) is 9.54. The molecule has 1 aliphatic carbocycles. The third kappa shape index (κ3) is 3.85. The Morgan fingerprint density at radius 3 is 2.88 bits per heavy atom. The molecular formula is C19H22N2O3. The van der Waals surface area contributed by atoms with Crippen LogP contribution in [0, 0.1) is 5.92 Å². The molecule has 0 aliphatic heterocycles. The first kappa shape index (κ1) is 16.3. The van der Waals surface area contributed by atoms with Gasteiger partial charge in [0.1, 0.15) is 11.5 Å². The van der Waals surface area contributed by atoms with E-state index in [1.807, 2.05) is 30.5 Å². The fourth-order valence-electron chi connectivity index (χ4n) is 2.98. The number of nitrogens with one attached hydrogen (secondary N) is 1. The number of pyridine rings is 1. The van der Waals surface area contributed by atoms with Crippen molar-refractivity contribution in [3.05, 3.63) is 53.9 Å². The molecule has 1 heterocycles. The van der Waals surface area contributed by atoms with Gasteiger partial charge in [0.25, 0.3) is 0 Å². The molecule has 1 amide bonds. The molecule has 24 heavy (non-hydrogen) atoms. The Balaban J connectivity index is 1.52. The first-order valence-corrected chi connectivity index (χ1v) is 8.08. The molecule has 5 heteroatoms. The summed E-state index contributed by atoms with van der Waals surface area (Å²) < 4.78 is 10.5. The summed E-state index contributed by atoms with van der Waals surface area (Å²) in [7, 11) is 3.21. The van der Waals surface area contributed by atoms with Crippen molar-refractivity contribution in [2.24, 2.45) is 5.92 Å². The van der Waals surface area contributed by atoms with Crippen molar-refractivity contribution in [2.75, 3.05) is 20.8 Å². The number of hydrogen-bond acceptors (Lipinski definition) is 4. The average Bonchev–Trinajstić information content (AvgIpc) is 3.40. The molecule has 0 bridgehead atoms. The number of methoxy groups -OCH3 is 2. The summed E-state index contributed by atoms with van der Waals surface area (Å²) in [6.45, 7) is 0.699. The molecule has 0 spiro atoms. The van der Waals surface area contributed by atoms with Crippen molar-refractivity contribution in [1.82, 2.24) is 10.3 Å². The summed E-state index contributed by atoms with van der Waals surface area (Å²) in [5.41, 5.74) is 2.08. The highest BCUT2D eigenvalue weighted by atomic mass is 16.5. The van der Waals surface area contributed by atoms with Gasteiger partial charge in [-0.05, 0) is 48.1 Å². The van der Waals surface area contributed by atoms with Crippen LogP contribution < -0.4 is 14.8 Å². The predicted molar refractivity (Wildman–Crippen MR) is 91.3 cm³/mol. The highest BCUT2D eigenvalue weighted by Gasteiger charge is 2.38. The molecule has 1 aromatic carbocycles. The number of rotatable bonds is 7. The summed E-state index contributed by atoms with van der Waals surface area (Å²) in [6.07, 6.45) is 5.08. The zero-order valence-corrected chi connectivity index (χ0v) is 14.0. The van der Waals surface area contributed by atoms with Gasteiger partial charge in [-0.1, -0.05) is 6.07 Å². The molecule has 126 valence electrons. The van der Waals surface area contributed by atoms with Crippen LogP contribution >= 0.6 is 0 Å². The average molecular weight is 326 g/mol. The molecule has 2 atom stereocenters. The lowest BCUT2D eigenvalue weighted by atomic mass is 10.1. The van der Waals surface area contributed by atoms with Crippen molar-refractivity contribution in [3.8, 4) is 11.5 Å². The first-order valence-electron chi connectivity index (χ1n) is 8.08. The maximum atomic E-state index is 12.2. The van der Waals surface area contributed by atoms with Crippen LogP contribution in [0.1, 0.15) is 23.5 Å². The van der Waals surface area contributed by atoms with E-state index in [0.29, 0.717) is 24.1 Å². The summed E-state index contributed by atoms with van der Waals surface area (Å²) in [4.78, 5) is 16.4. The largest absolute Gasteiger partial charge is 0.497 e. The topological polar surface area (TPSA) is 60.5 Å². The van der Waals surface area contributed by atoms with Crippen LogP contribution in [0.3, 0.4) is 0 Å². The van der Waals surface area contributed by atoms with Crippen molar-refractivity contribution < 1.29 is 14.3 Å². The Labute approximate surface area is 142 Å². The van der Waals surface area contributed by atoms with Crippen LogP contribution in [0.25, 0.3) is 0 Å². The number of amides is 1. The molecule has 2 aromatic rings. The zero-order valence-electron chi connectivity index (χ0n) is 14.0. The number of benzene rings is 1. The number of aromatic nitrogens is 1. The van der Waals surface area contributed by atoms with E-state index in [0.717, 1.165) is 17.7 Å².